The molecule has 3 heteroatoms. The summed E-state index contributed by atoms with van der Waals surface area (Å²) in [5.41, 5.74) is 0.346. The normalized spacial score (nSPS) is 21.9. The molecular weight excluding hydrogens is 186 g/mol. The molecule has 0 fully saturated rings. The topological polar surface area (TPSA) is 18.8 Å². The third-order valence-corrected chi connectivity index (χ3v) is 2.74. The van der Waals surface area contributed by atoms with Gasteiger partial charge in [0, 0.05) is 12.6 Å². The van der Waals surface area contributed by atoms with Gasteiger partial charge in [-0.25, -0.2) is 0 Å². The molecule has 1 atom stereocenters. The van der Waals surface area contributed by atoms with E-state index in [1.54, 1.807) is 0 Å². The van der Waals surface area contributed by atoms with Gasteiger partial charge in [0.05, 0.1) is 0 Å². The molecule has 0 aliphatic carbocycles. The number of nitrogens with zero attached hydrogens (tertiary/aromatic N) is 3. The van der Waals surface area contributed by atoms with E-state index >= 15 is 0 Å². The van der Waals surface area contributed by atoms with Gasteiger partial charge in [0.25, 0.3) is 0 Å². The Morgan fingerprint density at radius 3 is 2.33 bits per heavy atom. The highest BCUT2D eigenvalue weighted by molar-refractivity contribution is 5.57. The van der Waals surface area contributed by atoms with E-state index in [-0.39, 0.29) is 0 Å². The quantitative estimate of drug-likeness (QED) is 0.715. The van der Waals surface area contributed by atoms with E-state index < -0.39 is 0 Å². The van der Waals surface area contributed by atoms with Crippen molar-refractivity contribution in [3.63, 3.8) is 0 Å². The maximum absolute atomic E-state index is 4.46. The minimum atomic E-state index is 0.346. The van der Waals surface area contributed by atoms with Crippen LogP contribution in [0.15, 0.2) is 5.10 Å². The fourth-order valence-corrected chi connectivity index (χ4v) is 1.96. The summed E-state index contributed by atoms with van der Waals surface area (Å²) in [7, 11) is 0. The summed E-state index contributed by atoms with van der Waals surface area (Å²) in [5.74, 6) is 0. The highest BCUT2D eigenvalue weighted by Gasteiger charge is 2.31. The Labute approximate surface area is 94.1 Å². The van der Waals surface area contributed by atoms with Gasteiger partial charge < -0.3 is 4.90 Å². The number of hydrogen-bond donors (Lipinski definition) is 0. The number of hydrogen-bond acceptors (Lipinski definition) is 3. The average molecular weight is 211 g/mol. The lowest BCUT2D eigenvalue weighted by Crippen LogP contribution is -2.45. The summed E-state index contributed by atoms with van der Waals surface area (Å²) < 4.78 is 0. The summed E-state index contributed by atoms with van der Waals surface area (Å²) in [6.07, 6.45) is 3.58. The lowest BCUT2D eigenvalue weighted by Gasteiger charge is -2.36. The first-order valence-corrected chi connectivity index (χ1v) is 5.93. The number of hydrazone groups is 1. The zero-order valence-corrected chi connectivity index (χ0v) is 11.0. The van der Waals surface area contributed by atoms with Crippen LogP contribution in [0.3, 0.4) is 0 Å². The van der Waals surface area contributed by atoms with Gasteiger partial charge in [-0.2, -0.15) is 5.10 Å². The Morgan fingerprint density at radius 1 is 1.33 bits per heavy atom. The van der Waals surface area contributed by atoms with Gasteiger partial charge in [0.15, 0.2) is 0 Å². The lowest BCUT2D eigenvalue weighted by atomic mass is 9.90. The second kappa shape index (κ2) is 4.42. The maximum atomic E-state index is 4.46. The van der Waals surface area contributed by atoms with Crippen molar-refractivity contribution < 1.29 is 0 Å². The molecule has 1 aliphatic heterocycles. The largest absolute Gasteiger partial charge is 0.337 e. The summed E-state index contributed by atoms with van der Waals surface area (Å²) in [5, 5.41) is 6.64. The van der Waals surface area contributed by atoms with Gasteiger partial charge in [-0.15, -0.1) is 0 Å². The molecule has 1 heterocycles. The van der Waals surface area contributed by atoms with Crippen molar-refractivity contribution >= 4 is 6.34 Å². The molecule has 1 aliphatic rings. The fourth-order valence-electron chi connectivity index (χ4n) is 1.96. The summed E-state index contributed by atoms with van der Waals surface area (Å²) in [6, 6.07) is 0.526. The van der Waals surface area contributed by atoms with Gasteiger partial charge in [0.1, 0.15) is 12.5 Å². The predicted octanol–water partition coefficient (Wildman–Crippen LogP) is 2.74. The van der Waals surface area contributed by atoms with Gasteiger partial charge in [-0.1, -0.05) is 20.8 Å². The lowest BCUT2D eigenvalue weighted by molar-refractivity contribution is 0.0781. The maximum Gasteiger partial charge on any atom is 0.119 e. The van der Waals surface area contributed by atoms with E-state index in [4.69, 9.17) is 0 Å². The minimum Gasteiger partial charge on any atom is -0.337 e. The van der Waals surface area contributed by atoms with Gasteiger partial charge in [-0.3, -0.25) is 5.01 Å². The molecule has 0 aromatic rings. The second-order valence-electron chi connectivity index (χ2n) is 5.77. The SMILES string of the molecule is CCN1N=CN(C(C)C)C1CC(C)(C)C. The molecule has 15 heavy (non-hydrogen) atoms. The monoisotopic (exact) mass is 211 g/mol. The third kappa shape index (κ3) is 3.11. The van der Waals surface area contributed by atoms with Crippen molar-refractivity contribution in [2.24, 2.45) is 10.5 Å². The molecule has 0 radical (unpaired) electrons. The first-order chi connectivity index (χ1) is 6.85. The first kappa shape index (κ1) is 12.3. The zero-order valence-electron chi connectivity index (χ0n) is 11.0. The van der Waals surface area contributed by atoms with Crippen LogP contribution in [0, 0.1) is 5.41 Å². The summed E-state index contributed by atoms with van der Waals surface area (Å²) in [6.45, 7) is 14.5. The van der Waals surface area contributed by atoms with E-state index in [0.29, 0.717) is 17.6 Å². The molecule has 0 bridgehead atoms. The van der Waals surface area contributed by atoms with Crippen molar-refractivity contribution in [1.29, 1.82) is 0 Å². The van der Waals surface area contributed by atoms with Crippen LogP contribution in [0.2, 0.25) is 0 Å². The van der Waals surface area contributed by atoms with Crippen LogP contribution < -0.4 is 0 Å². The zero-order chi connectivity index (χ0) is 11.6. The van der Waals surface area contributed by atoms with Crippen LogP contribution in [-0.2, 0) is 0 Å². The van der Waals surface area contributed by atoms with Gasteiger partial charge in [-0.05, 0) is 32.6 Å². The molecule has 1 rings (SSSR count). The Morgan fingerprint density at radius 2 is 1.93 bits per heavy atom. The standard InChI is InChI=1S/C12H25N3/c1-7-15-11(8-12(4,5)6)14(9-13-15)10(2)3/h9-11H,7-8H2,1-6H3. The van der Waals surface area contributed by atoms with Crippen molar-refractivity contribution in [3.8, 4) is 0 Å². The first-order valence-electron chi connectivity index (χ1n) is 5.93. The molecule has 0 aromatic heterocycles. The molecular formula is C12H25N3. The second-order valence-corrected chi connectivity index (χ2v) is 5.77. The smallest absolute Gasteiger partial charge is 0.119 e. The fraction of sp³-hybridized carbons (Fsp3) is 0.917. The van der Waals surface area contributed by atoms with Gasteiger partial charge >= 0.3 is 0 Å². The molecule has 88 valence electrons. The molecule has 0 aromatic carbocycles. The van der Waals surface area contributed by atoms with E-state index in [9.17, 15) is 0 Å². The van der Waals surface area contributed by atoms with E-state index in [2.05, 4.69) is 56.6 Å². The van der Waals surface area contributed by atoms with Crippen molar-refractivity contribution in [3.05, 3.63) is 0 Å². The van der Waals surface area contributed by atoms with Crippen molar-refractivity contribution in [2.45, 2.75) is 60.2 Å². The van der Waals surface area contributed by atoms with Gasteiger partial charge in [0.2, 0.25) is 0 Å². The van der Waals surface area contributed by atoms with E-state index in [1.165, 1.54) is 0 Å². The predicted molar refractivity (Wildman–Crippen MR) is 65.7 cm³/mol. The summed E-state index contributed by atoms with van der Waals surface area (Å²) >= 11 is 0. The van der Waals surface area contributed by atoms with Crippen LogP contribution in [-0.4, -0.2) is 35.0 Å². The Hall–Kier alpha value is -0.730. The van der Waals surface area contributed by atoms with Crippen LogP contribution >= 0.6 is 0 Å². The highest BCUT2D eigenvalue weighted by Crippen LogP contribution is 2.28. The molecule has 0 saturated carbocycles. The number of rotatable bonds is 3. The molecule has 0 saturated heterocycles. The average Bonchev–Trinajstić information content (AvgIpc) is 2.44. The highest BCUT2D eigenvalue weighted by atomic mass is 15.6. The Bertz CT molecular complexity index is 228. The van der Waals surface area contributed by atoms with Crippen LogP contribution in [0.4, 0.5) is 0 Å². The van der Waals surface area contributed by atoms with Crippen LogP contribution in [0.1, 0.15) is 48.0 Å². The van der Waals surface area contributed by atoms with Crippen molar-refractivity contribution in [2.75, 3.05) is 6.54 Å². The van der Waals surface area contributed by atoms with Crippen molar-refractivity contribution in [1.82, 2.24) is 9.91 Å². The molecule has 0 amide bonds. The third-order valence-electron chi connectivity index (χ3n) is 2.74. The minimum absolute atomic E-state index is 0.346. The van der Waals surface area contributed by atoms with Crippen LogP contribution in [0.5, 0.6) is 0 Å². The van der Waals surface area contributed by atoms with E-state index in [1.807, 2.05) is 6.34 Å². The molecule has 3 nitrogen and oxygen atoms in total. The summed E-state index contributed by atoms with van der Waals surface area (Å²) in [4.78, 5) is 2.36. The Balaban J connectivity index is 2.72. The molecule has 1 unspecified atom stereocenters. The molecule has 0 spiro atoms. The van der Waals surface area contributed by atoms with E-state index in [0.717, 1.165) is 13.0 Å². The Kier molecular flexibility index (Phi) is 3.63. The molecule has 0 N–H and O–H groups in total. The van der Waals surface area contributed by atoms with Crippen LogP contribution in [0.25, 0.3) is 0 Å².